The quantitative estimate of drug-likeness (QED) is 0.237. The first kappa shape index (κ1) is 25.4. The standard InChI is InChI=1S/C25H28ClNO4S2/c1-25(2,3)17-7-9-18(10-8-17)30-11-6-12-31-22-19(26)13-16(14-20(22)29-5)15-21-23(28)27(4)24(32)33-21/h7-10,13-15H,6,11-12H2,1-5H3/b21-15-. The van der Waals surface area contributed by atoms with Crippen LogP contribution in [0.5, 0.6) is 17.2 Å². The molecule has 2 aromatic carbocycles. The van der Waals surface area contributed by atoms with E-state index in [9.17, 15) is 4.79 Å². The fourth-order valence-electron chi connectivity index (χ4n) is 3.13. The molecule has 1 aliphatic rings. The van der Waals surface area contributed by atoms with Crippen LogP contribution in [0.2, 0.25) is 5.02 Å². The highest BCUT2D eigenvalue weighted by Crippen LogP contribution is 2.39. The van der Waals surface area contributed by atoms with Crippen molar-refractivity contribution in [1.82, 2.24) is 4.90 Å². The molecule has 3 rings (SSSR count). The number of halogens is 1. The monoisotopic (exact) mass is 505 g/mol. The Morgan fingerprint density at radius 3 is 2.36 bits per heavy atom. The third-order valence-corrected chi connectivity index (χ3v) is 6.83. The first-order chi connectivity index (χ1) is 15.6. The normalized spacial score (nSPS) is 15.3. The minimum Gasteiger partial charge on any atom is -0.493 e. The third-order valence-electron chi connectivity index (χ3n) is 5.06. The summed E-state index contributed by atoms with van der Waals surface area (Å²) in [5, 5.41) is 0.409. The molecule has 0 aromatic heterocycles. The Bertz CT molecular complexity index is 1060. The number of hydrogen-bond donors (Lipinski definition) is 0. The lowest BCUT2D eigenvalue weighted by atomic mass is 9.87. The molecule has 1 heterocycles. The molecular weight excluding hydrogens is 478 g/mol. The SMILES string of the molecule is COc1cc(/C=C2\SC(=S)N(C)C2=O)cc(Cl)c1OCCCOc1ccc(C(C)(C)C)cc1. The number of thioether (sulfide) groups is 1. The van der Waals surface area contributed by atoms with E-state index in [4.69, 9.17) is 38.0 Å². The number of hydrogen-bond acceptors (Lipinski definition) is 6. The Balaban J connectivity index is 1.57. The molecule has 0 N–H and O–H groups in total. The van der Waals surface area contributed by atoms with Gasteiger partial charge in [0.2, 0.25) is 0 Å². The highest BCUT2D eigenvalue weighted by Gasteiger charge is 2.28. The molecule has 2 aromatic rings. The Hall–Kier alpha value is -2.22. The molecule has 1 aliphatic heterocycles. The van der Waals surface area contributed by atoms with Crippen LogP contribution in [-0.2, 0) is 10.2 Å². The van der Waals surface area contributed by atoms with Gasteiger partial charge in [0.25, 0.3) is 5.91 Å². The molecule has 0 aliphatic carbocycles. The van der Waals surface area contributed by atoms with E-state index in [0.717, 1.165) is 11.3 Å². The smallest absolute Gasteiger partial charge is 0.265 e. The predicted molar refractivity (Wildman–Crippen MR) is 140 cm³/mol. The van der Waals surface area contributed by atoms with Crippen LogP contribution in [0.25, 0.3) is 6.08 Å². The molecule has 176 valence electrons. The lowest BCUT2D eigenvalue weighted by Gasteiger charge is -2.19. The van der Waals surface area contributed by atoms with E-state index in [1.54, 1.807) is 32.4 Å². The van der Waals surface area contributed by atoms with Crippen molar-refractivity contribution in [3.8, 4) is 17.2 Å². The number of rotatable bonds is 8. The maximum absolute atomic E-state index is 12.2. The minimum absolute atomic E-state index is 0.116. The topological polar surface area (TPSA) is 48.0 Å². The van der Waals surface area contributed by atoms with Crippen molar-refractivity contribution in [3.05, 3.63) is 57.5 Å². The number of carbonyl (C=O) groups is 1. The van der Waals surface area contributed by atoms with Crippen LogP contribution in [0.15, 0.2) is 41.3 Å². The Morgan fingerprint density at radius 2 is 1.79 bits per heavy atom. The number of methoxy groups -OCH3 is 1. The molecule has 0 unspecified atom stereocenters. The second-order valence-corrected chi connectivity index (χ2v) is 10.7. The highest BCUT2D eigenvalue weighted by molar-refractivity contribution is 8.26. The largest absolute Gasteiger partial charge is 0.493 e. The van der Waals surface area contributed by atoms with Crippen molar-refractivity contribution in [2.45, 2.75) is 32.6 Å². The van der Waals surface area contributed by atoms with E-state index in [2.05, 4.69) is 32.9 Å². The molecule has 1 saturated heterocycles. The molecule has 0 radical (unpaired) electrons. The Labute approximate surface area is 210 Å². The van der Waals surface area contributed by atoms with Crippen molar-refractivity contribution in [1.29, 1.82) is 0 Å². The van der Waals surface area contributed by atoms with Crippen molar-refractivity contribution in [2.75, 3.05) is 27.4 Å². The van der Waals surface area contributed by atoms with Crippen LogP contribution in [0.4, 0.5) is 0 Å². The van der Waals surface area contributed by atoms with Gasteiger partial charge in [-0.15, -0.1) is 0 Å². The first-order valence-corrected chi connectivity index (χ1v) is 12.2. The maximum Gasteiger partial charge on any atom is 0.265 e. The van der Waals surface area contributed by atoms with Crippen molar-refractivity contribution in [3.63, 3.8) is 0 Å². The molecular formula is C25H28ClNO4S2. The summed E-state index contributed by atoms with van der Waals surface area (Å²) in [5.41, 5.74) is 2.12. The van der Waals surface area contributed by atoms with E-state index in [-0.39, 0.29) is 11.3 Å². The first-order valence-electron chi connectivity index (χ1n) is 10.6. The summed E-state index contributed by atoms with van der Waals surface area (Å²) in [4.78, 5) is 14.2. The van der Waals surface area contributed by atoms with Crippen LogP contribution in [0.3, 0.4) is 0 Å². The van der Waals surface area contributed by atoms with E-state index >= 15 is 0 Å². The van der Waals surface area contributed by atoms with Crippen LogP contribution < -0.4 is 14.2 Å². The average molecular weight is 506 g/mol. The van der Waals surface area contributed by atoms with Crippen LogP contribution in [0.1, 0.15) is 38.3 Å². The fraction of sp³-hybridized carbons (Fsp3) is 0.360. The molecule has 1 amide bonds. The zero-order valence-corrected chi connectivity index (χ0v) is 21.8. The van der Waals surface area contributed by atoms with E-state index in [1.165, 1.54) is 22.2 Å². The number of thiocarbonyl (C=S) groups is 1. The second kappa shape index (κ2) is 10.8. The molecule has 5 nitrogen and oxygen atoms in total. The maximum atomic E-state index is 12.2. The summed E-state index contributed by atoms with van der Waals surface area (Å²) in [5.74, 6) is 1.67. The number of likely N-dealkylation sites (N-methyl/N-ethyl adjacent to an activating group) is 1. The van der Waals surface area contributed by atoms with E-state index in [1.807, 2.05) is 12.1 Å². The number of amides is 1. The van der Waals surface area contributed by atoms with Gasteiger partial charge in [0.05, 0.1) is 30.3 Å². The van der Waals surface area contributed by atoms with Gasteiger partial charge >= 0.3 is 0 Å². The summed E-state index contributed by atoms with van der Waals surface area (Å²) in [6.45, 7) is 7.49. The summed E-state index contributed by atoms with van der Waals surface area (Å²) in [6, 6.07) is 11.7. The van der Waals surface area contributed by atoms with Gasteiger partial charge in [-0.25, -0.2) is 0 Å². The predicted octanol–water partition coefficient (Wildman–Crippen LogP) is 6.33. The van der Waals surface area contributed by atoms with Crippen molar-refractivity contribution < 1.29 is 19.0 Å². The van der Waals surface area contributed by atoms with Gasteiger partial charge in [-0.2, -0.15) is 0 Å². The highest BCUT2D eigenvalue weighted by atomic mass is 35.5. The number of carbonyl (C=O) groups excluding carboxylic acids is 1. The second-order valence-electron chi connectivity index (χ2n) is 8.60. The molecule has 0 spiro atoms. The van der Waals surface area contributed by atoms with Gasteiger partial charge in [0, 0.05) is 13.5 Å². The molecule has 0 saturated carbocycles. The van der Waals surface area contributed by atoms with E-state index < -0.39 is 0 Å². The van der Waals surface area contributed by atoms with Gasteiger partial charge in [0.15, 0.2) is 11.5 Å². The molecule has 0 bridgehead atoms. The summed E-state index contributed by atoms with van der Waals surface area (Å²) in [6.07, 6.45) is 2.43. The molecule has 0 atom stereocenters. The van der Waals surface area contributed by atoms with Crippen molar-refractivity contribution in [2.24, 2.45) is 0 Å². The van der Waals surface area contributed by atoms with Gasteiger partial charge < -0.3 is 14.2 Å². The molecule has 33 heavy (non-hydrogen) atoms. The lowest BCUT2D eigenvalue weighted by Crippen LogP contribution is -2.22. The van der Waals surface area contributed by atoms with E-state index in [0.29, 0.717) is 45.4 Å². The minimum atomic E-state index is -0.131. The fourth-order valence-corrected chi connectivity index (χ4v) is 4.59. The zero-order valence-electron chi connectivity index (χ0n) is 19.4. The number of ether oxygens (including phenoxy) is 3. The van der Waals surface area contributed by atoms with Crippen LogP contribution in [0, 0.1) is 0 Å². The van der Waals surface area contributed by atoms with Gasteiger partial charge in [0.1, 0.15) is 10.1 Å². The third kappa shape index (κ3) is 6.43. The van der Waals surface area contributed by atoms with Crippen molar-refractivity contribution >= 4 is 51.9 Å². The summed E-state index contributed by atoms with van der Waals surface area (Å²) < 4.78 is 17.7. The summed E-state index contributed by atoms with van der Waals surface area (Å²) in [7, 11) is 3.21. The van der Waals surface area contributed by atoms with Crippen LogP contribution in [-0.4, -0.2) is 42.5 Å². The molecule has 1 fully saturated rings. The Morgan fingerprint density at radius 1 is 1.12 bits per heavy atom. The summed E-state index contributed by atoms with van der Waals surface area (Å²) >= 11 is 12.9. The molecule has 8 heteroatoms. The van der Waals surface area contributed by atoms with Crippen LogP contribution >= 0.6 is 35.6 Å². The number of nitrogens with zero attached hydrogens (tertiary/aromatic N) is 1. The zero-order chi connectivity index (χ0) is 24.2. The average Bonchev–Trinajstić information content (AvgIpc) is 3.00. The van der Waals surface area contributed by atoms with Gasteiger partial charge in [-0.05, 0) is 46.9 Å². The Kier molecular flexibility index (Phi) is 8.32. The lowest BCUT2D eigenvalue weighted by molar-refractivity contribution is -0.121. The van der Waals surface area contributed by atoms with Gasteiger partial charge in [-0.1, -0.05) is 68.5 Å². The van der Waals surface area contributed by atoms with Gasteiger partial charge in [-0.3, -0.25) is 9.69 Å². The number of benzene rings is 2.